The van der Waals surface area contributed by atoms with E-state index in [4.69, 9.17) is 0 Å². The number of nitrogens with zero attached hydrogens (tertiary/aromatic N) is 2. The van der Waals surface area contributed by atoms with Gasteiger partial charge < -0.3 is 0 Å². The highest BCUT2D eigenvalue weighted by molar-refractivity contribution is 7.13. The lowest BCUT2D eigenvalue weighted by atomic mass is 10.4. The molecule has 0 amide bonds. The van der Waals surface area contributed by atoms with Crippen LogP contribution in [-0.4, -0.2) is 15.5 Å². The zero-order chi connectivity index (χ0) is 9.97. The molecule has 3 nitrogen and oxygen atoms in total. The summed E-state index contributed by atoms with van der Waals surface area (Å²) in [7, 11) is 0. The molecule has 2 heterocycles. The normalized spacial score (nSPS) is 10.4. The summed E-state index contributed by atoms with van der Waals surface area (Å²) in [6.45, 7) is 3.54. The fourth-order valence-electron chi connectivity index (χ4n) is 1.14. The average Bonchev–Trinajstić information content (AvgIpc) is 2.86. The molecule has 0 unspecified atom stereocenters. The number of aromatic nitrogens is 2. The van der Waals surface area contributed by atoms with Crippen LogP contribution in [-0.2, 0) is 0 Å². The Kier molecular flexibility index (Phi) is 2.45. The maximum atomic E-state index is 11.3. The number of carbonyl (C=O) groups is 1. The van der Waals surface area contributed by atoms with E-state index in [9.17, 15) is 4.79 Å². The minimum atomic E-state index is -0.0414. The van der Waals surface area contributed by atoms with Crippen LogP contribution >= 0.6 is 11.3 Å². The summed E-state index contributed by atoms with van der Waals surface area (Å²) in [6.07, 6.45) is 3.52. The molecule has 0 aliphatic heterocycles. The quantitative estimate of drug-likeness (QED) is 0.755. The van der Waals surface area contributed by atoms with Gasteiger partial charge in [-0.2, -0.15) is 0 Å². The molecule has 0 atom stereocenters. The predicted octanol–water partition coefficient (Wildman–Crippen LogP) is 2.48. The van der Waals surface area contributed by atoms with Crippen LogP contribution in [0.4, 0.5) is 0 Å². The smallest absolute Gasteiger partial charge is 0.231 e. The number of rotatable bonds is 2. The molecular weight excluding hydrogens is 196 g/mol. The number of carbonyl (C=O) groups excluding carboxylic acids is 1. The zero-order valence-corrected chi connectivity index (χ0v) is 8.33. The van der Waals surface area contributed by atoms with Crippen molar-refractivity contribution in [1.82, 2.24) is 9.55 Å². The van der Waals surface area contributed by atoms with Crippen molar-refractivity contribution in [2.75, 3.05) is 0 Å². The number of imidazole rings is 1. The van der Waals surface area contributed by atoms with Gasteiger partial charge in [0.25, 0.3) is 0 Å². The largest absolute Gasteiger partial charge is 0.276 e. The molecule has 14 heavy (non-hydrogen) atoms. The Morgan fingerprint density at radius 3 is 3.14 bits per heavy atom. The van der Waals surface area contributed by atoms with Gasteiger partial charge in [0.15, 0.2) is 0 Å². The predicted molar refractivity (Wildman–Crippen MR) is 56.1 cm³/mol. The Labute approximate surface area is 86.0 Å². The first-order valence-electron chi connectivity index (χ1n) is 4.21. The van der Waals surface area contributed by atoms with Crippen LogP contribution in [0.3, 0.4) is 0 Å². The van der Waals surface area contributed by atoms with E-state index in [1.165, 1.54) is 10.9 Å². The second kappa shape index (κ2) is 3.75. The first-order valence-corrected chi connectivity index (χ1v) is 5.09. The molecule has 0 aliphatic carbocycles. The third-order valence-corrected chi connectivity index (χ3v) is 2.75. The molecule has 0 N–H and O–H groups in total. The lowest BCUT2D eigenvalue weighted by Crippen LogP contribution is -2.05. The van der Waals surface area contributed by atoms with Crippen LogP contribution in [0.5, 0.6) is 0 Å². The number of hydrogen-bond donors (Lipinski definition) is 0. The van der Waals surface area contributed by atoms with Crippen LogP contribution in [0, 0.1) is 6.92 Å². The fourth-order valence-corrected chi connectivity index (χ4v) is 1.83. The van der Waals surface area contributed by atoms with Crippen molar-refractivity contribution in [3.05, 3.63) is 37.0 Å². The van der Waals surface area contributed by atoms with Crippen molar-refractivity contribution >= 4 is 17.2 Å². The molecule has 71 valence electrons. The standard InChI is InChI=1S/C10H9N2OS/c1-2-10(13)12-6-8(11-7-12)9-4-3-5-14-9/h3-7H,1-2H2. The van der Waals surface area contributed by atoms with E-state index >= 15 is 0 Å². The Balaban J connectivity index is 2.31. The second-order valence-electron chi connectivity index (χ2n) is 2.79. The van der Waals surface area contributed by atoms with Crippen molar-refractivity contribution in [2.24, 2.45) is 0 Å². The molecule has 4 heteroatoms. The zero-order valence-electron chi connectivity index (χ0n) is 7.51. The van der Waals surface area contributed by atoms with E-state index < -0.39 is 0 Å². The van der Waals surface area contributed by atoms with Crippen molar-refractivity contribution in [1.29, 1.82) is 0 Å². The number of thiophene rings is 1. The Bertz CT molecular complexity index is 431. The van der Waals surface area contributed by atoms with Gasteiger partial charge >= 0.3 is 0 Å². The monoisotopic (exact) mass is 205 g/mol. The van der Waals surface area contributed by atoms with E-state index in [1.807, 2.05) is 17.5 Å². The Morgan fingerprint density at radius 1 is 1.64 bits per heavy atom. The lowest BCUT2D eigenvalue weighted by molar-refractivity contribution is 0.0916. The van der Waals surface area contributed by atoms with Crippen molar-refractivity contribution in [2.45, 2.75) is 6.42 Å². The minimum Gasteiger partial charge on any atom is -0.276 e. The molecule has 0 aliphatic rings. The first kappa shape index (κ1) is 9.15. The van der Waals surface area contributed by atoms with E-state index in [1.54, 1.807) is 17.5 Å². The number of hydrogen-bond acceptors (Lipinski definition) is 3. The minimum absolute atomic E-state index is 0.0414. The molecule has 0 bridgehead atoms. The fraction of sp³-hybridized carbons (Fsp3) is 0.100. The summed E-state index contributed by atoms with van der Waals surface area (Å²) >= 11 is 1.61. The summed E-state index contributed by atoms with van der Waals surface area (Å²) in [5.41, 5.74) is 0.835. The Hall–Kier alpha value is -1.42. The second-order valence-corrected chi connectivity index (χ2v) is 3.73. The molecule has 0 spiro atoms. The third kappa shape index (κ3) is 1.61. The molecule has 2 aromatic rings. The van der Waals surface area contributed by atoms with E-state index in [2.05, 4.69) is 11.9 Å². The topological polar surface area (TPSA) is 34.9 Å². The highest BCUT2D eigenvalue weighted by Gasteiger charge is 2.06. The van der Waals surface area contributed by atoms with Crippen molar-refractivity contribution < 1.29 is 4.79 Å². The van der Waals surface area contributed by atoms with E-state index in [0.717, 1.165) is 10.6 Å². The van der Waals surface area contributed by atoms with E-state index in [-0.39, 0.29) is 12.3 Å². The van der Waals surface area contributed by atoms with Gasteiger partial charge in [0.1, 0.15) is 6.33 Å². The van der Waals surface area contributed by atoms with Crippen LogP contribution in [0.15, 0.2) is 30.0 Å². The molecule has 2 aromatic heterocycles. The summed E-state index contributed by atoms with van der Waals surface area (Å²) in [5, 5.41) is 1.98. The van der Waals surface area contributed by atoms with Crippen LogP contribution in [0.25, 0.3) is 10.6 Å². The summed E-state index contributed by atoms with van der Waals surface area (Å²) in [5.74, 6) is -0.0414. The Morgan fingerprint density at radius 2 is 2.50 bits per heavy atom. The van der Waals surface area contributed by atoms with Gasteiger partial charge in [0, 0.05) is 12.6 Å². The summed E-state index contributed by atoms with van der Waals surface area (Å²) < 4.78 is 1.47. The average molecular weight is 205 g/mol. The third-order valence-electron chi connectivity index (χ3n) is 1.86. The maximum absolute atomic E-state index is 11.3. The molecule has 0 saturated carbocycles. The van der Waals surface area contributed by atoms with Gasteiger partial charge in [-0.05, 0) is 18.4 Å². The van der Waals surface area contributed by atoms with Crippen LogP contribution in [0.1, 0.15) is 11.2 Å². The van der Waals surface area contributed by atoms with Crippen molar-refractivity contribution in [3.8, 4) is 10.6 Å². The molecule has 0 fully saturated rings. The molecule has 0 saturated heterocycles. The van der Waals surface area contributed by atoms with Gasteiger partial charge in [-0.3, -0.25) is 9.36 Å². The molecule has 2 rings (SSSR count). The van der Waals surface area contributed by atoms with Crippen LogP contribution in [0.2, 0.25) is 0 Å². The van der Waals surface area contributed by atoms with Gasteiger partial charge in [0.2, 0.25) is 5.91 Å². The first-order chi connectivity index (χ1) is 6.81. The maximum Gasteiger partial charge on any atom is 0.231 e. The van der Waals surface area contributed by atoms with Gasteiger partial charge in [-0.25, -0.2) is 4.98 Å². The molecule has 1 radical (unpaired) electrons. The molecule has 0 aromatic carbocycles. The SMILES string of the molecule is [CH2]CC(=O)n1cnc(-c2cccs2)c1. The lowest BCUT2D eigenvalue weighted by Gasteiger charge is -1.93. The summed E-state index contributed by atoms with van der Waals surface area (Å²) in [6, 6.07) is 3.94. The van der Waals surface area contributed by atoms with Crippen molar-refractivity contribution in [3.63, 3.8) is 0 Å². The van der Waals surface area contributed by atoms with Crippen LogP contribution < -0.4 is 0 Å². The van der Waals surface area contributed by atoms with Gasteiger partial charge in [0.05, 0.1) is 10.6 Å². The van der Waals surface area contributed by atoms with E-state index in [0.29, 0.717) is 0 Å². The van der Waals surface area contributed by atoms with Gasteiger partial charge in [-0.15, -0.1) is 11.3 Å². The molecular formula is C10H9N2OS. The highest BCUT2D eigenvalue weighted by atomic mass is 32.1. The summed E-state index contributed by atoms with van der Waals surface area (Å²) in [4.78, 5) is 16.5. The highest BCUT2D eigenvalue weighted by Crippen LogP contribution is 2.22. The van der Waals surface area contributed by atoms with Gasteiger partial charge in [-0.1, -0.05) is 6.07 Å².